The number of carbonyl (C=O) groups excluding carboxylic acids is 2. The number of nitrogens with one attached hydrogen (secondary N) is 2. The van der Waals surface area contributed by atoms with Gasteiger partial charge in [-0.2, -0.15) is 0 Å². The van der Waals surface area contributed by atoms with E-state index < -0.39 is 0 Å². The molecule has 4 aromatic rings. The molecule has 0 unspecified atom stereocenters. The van der Waals surface area contributed by atoms with Crippen molar-refractivity contribution in [2.75, 3.05) is 17.3 Å². The lowest BCUT2D eigenvalue weighted by Crippen LogP contribution is -2.42. The number of nitrogens with zero attached hydrogens (tertiary/aromatic N) is 3. The Morgan fingerprint density at radius 3 is 2.76 bits per heavy atom. The van der Waals surface area contributed by atoms with Crippen LogP contribution in [0.25, 0.3) is 10.2 Å². The molecule has 38 heavy (non-hydrogen) atoms. The van der Waals surface area contributed by atoms with Gasteiger partial charge in [0.15, 0.2) is 0 Å². The number of urea groups is 1. The zero-order valence-electron chi connectivity index (χ0n) is 21.2. The van der Waals surface area contributed by atoms with E-state index in [0.717, 1.165) is 53.8 Å². The van der Waals surface area contributed by atoms with Crippen molar-refractivity contribution in [2.45, 2.75) is 38.6 Å². The second-order valence-electron chi connectivity index (χ2n) is 9.43. The van der Waals surface area contributed by atoms with Crippen molar-refractivity contribution in [2.24, 2.45) is 4.99 Å². The summed E-state index contributed by atoms with van der Waals surface area (Å²) in [5, 5.41) is 6.89. The molecule has 0 spiro atoms. The number of thiophene rings is 1. The molecule has 1 aliphatic carbocycles. The molecule has 6 rings (SSSR count). The molecule has 2 aliphatic rings. The second kappa shape index (κ2) is 9.90. The van der Waals surface area contributed by atoms with Crippen LogP contribution in [0, 0.1) is 6.92 Å². The van der Waals surface area contributed by atoms with E-state index in [2.05, 4.69) is 20.6 Å². The van der Waals surface area contributed by atoms with Gasteiger partial charge < -0.3 is 15.4 Å². The predicted octanol–water partition coefficient (Wildman–Crippen LogP) is 6.82. The van der Waals surface area contributed by atoms with E-state index in [1.54, 1.807) is 18.1 Å². The highest BCUT2D eigenvalue weighted by atomic mass is 32.1. The predicted molar refractivity (Wildman–Crippen MR) is 152 cm³/mol. The van der Waals surface area contributed by atoms with Crippen LogP contribution in [0.2, 0.25) is 0 Å². The molecule has 0 bridgehead atoms. The number of amides is 3. The van der Waals surface area contributed by atoms with E-state index >= 15 is 0 Å². The molecule has 3 heterocycles. The maximum absolute atomic E-state index is 13.5. The van der Waals surface area contributed by atoms with E-state index in [-0.39, 0.29) is 18.0 Å². The number of rotatable bonds is 5. The highest BCUT2D eigenvalue weighted by molar-refractivity contribution is 7.21. The van der Waals surface area contributed by atoms with Gasteiger partial charge >= 0.3 is 6.03 Å². The van der Waals surface area contributed by atoms with Crippen LogP contribution in [-0.4, -0.2) is 35.7 Å². The van der Waals surface area contributed by atoms with Crippen LogP contribution in [-0.2, 0) is 0 Å². The van der Waals surface area contributed by atoms with Gasteiger partial charge in [0, 0.05) is 19.0 Å². The molecule has 8 nitrogen and oxygen atoms in total. The minimum Gasteiger partial charge on any atom is -0.457 e. The first-order valence-corrected chi connectivity index (χ1v) is 13.5. The lowest BCUT2D eigenvalue weighted by atomic mass is 9.93. The monoisotopic (exact) mass is 525 g/mol. The van der Waals surface area contributed by atoms with Crippen molar-refractivity contribution in [3.63, 3.8) is 0 Å². The molecule has 3 amide bonds. The SMILES string of the molecule is CN=C1CCCC[C@@H]1NC(=O)c1sc2nccc3c2c1NC(=O)N3c1ccc(Oc2ccccc2)cc1C. The van der Waals surface area contributed by atoms with Crippen LogP contribution < -0.4 is 20.3 Å². The third-order valence-corrected chi connectivity index (χ3v) is 8.11. The van der Waals surface area contributed by atoms with Gasteiger partial charge in [-0.05, 0) is 68.1 Å². The summed E-state index contributed by atoms with van der Waals surface area (Å²) in [7, 11) is 1.77. The summed E-state index contributed by atoms with van der Waals surface area (Å²) in [4.78, 5) is 38.6. The summed E-state index contributed by atoms with van der Waals surface area (Å²) in [6.07, 6.45) is 5.58. The topological polar surface area (TPSA) is 95.9 Å². The third-order valence-electron chi connectivity index (χ3n) is 7.01. The van der Waals surface area contributed by atoms with Crippen molar-refractivity contribution in [3.05, 3.63) is 71.2 Å². The van der Waals surface area contributed by atoms with E-state index in [9.17, 15) is 9.59 Å². The first-order valence-electron chi connectivity index (χ1n) is 12.7. The number of aryl methyl sites for hydroxylation is 1. The number of ether oxygens (including phenoxy) is 1. The Balaban J connectivity index is 1.34. The molecule has 9 heteroatoms. The van der Waals surface area contributed by atoms with Crippen molar-refractivity contribution in [1.29, 1.82) is 0 Å². The Bertz CT molecular complexity index is 1580. The standard InChI is InChI=1S/C29H27N5O3S/c1-17-16-19(37-18-8-4-3-5-9-18)12-13-22(17)34-23-14-15-31-28-24(23)25(33-29(34)36)26(38-28)27(35)32-21-11-7-6-10-20(21)30-2/h3-5,8-9,12-16,21H,6-7,10-11H2,1-2H3,(H,32,35)(H,33,36)/t21-/m0/s1. The summed E-state index contributed by atoms with van der Waals surface area (Å²) in [6, 6.07) is 16.6. The second-order valence-corrected chi connectivity index (χ2v) is 10.4. The number of aromatic nitrogens is 1. The maximum Gasteiger partial charge on any atom is 0.331 e. The maximum atomic E-state index is 13.5. The zero-order chi connectivity index (χ0) is 26.2. The van der Waals surface area contributed by atoms with Gasteiger partial charge in [-0.3, -0.25) is 14.7 Å². The van der Waals surface area contributed by atoms with Crippen LogP contribution in [0.4, 0.5) is 21.9 Å². The fraction of sp³-hybridized carbons (Fsp3) is 0.241. The van der Waals surface area contributed by atoms with Crippen LogP contribution in [0.3, 0.4) is 0 Å². The van der Waals surface area contributed by atoms with Crippen molar-refractivity contribution in [1.82, 2.24) is 10.3 Å². The number of para-hydroxylation sites is 1. The minimum absolute atomic E-state index is 0.0823. The Kier molecular flexibility index (Phi) is 6.29. The fourth-order valence-electron chi connectivity index (χ4n) is 5.19. The zero-order valence-corrected chi connectivity index (χ0v) is 22.0. The molecule has 1 saturated carbocycles. The van der Waals surface area contributed by atoms with Crippen LogP contribution in [0.5, 0.6) is 11.5 Å². The lowest BCUT2D eigenvalue weighted by Gasteiger charge is -2.30. The molecular weight excluding hydrogens is 498 g/mol. The van der Waals surface area contributed by atoms with Gasteiger partial charge in [0.2, 0.25) is 0 Å². The van der Waals surface area contributed by atoms with Gasteiger partial charge in [0.1, 0.15) is 21.2 Å². The quantitative estimate of drug-likeness (QED) is 0.299. The van der Waals surface area contributed by atoms with E-state index in [4.69, 9.17) is 4.74 Å². The molecule has 2 aromatic carbocycles. The summed E-state index contributed by atoms with van der Waals surface area (Å²) in [5.74, 6) is 1.21. The average Bonchev–Trinajstić information content (AvgIpc) is 3.30. The van der Waals surface area contributed by atoms with Crippen LogP contribution in [0.15, 0.2) is 65.8 Å². The Hall–Kier alpha value is -4.24. The molecule has 1 fully saturated rings. The normalized spacial score (nSPS) is 17.9. The average molecular weight is 526 g/mol. The van der Waals surface area contributed by atoms with Gasteiger partial charge in [0.25, 0.3) is 5.91 Å². The Morgan fingerprint density at radius 2 is 1.97 bits per heavy atom. The Labute approximate surface area is 224 Å². The van der Waals surface area contributed by atoms with Gasteiger partial charge in [-0.1, -0.05) is 24.6 Å². The Morgan fingerprint density at radius 1 is 1.13 bits per heavy atom. The van der Waals surface area contributed by atoms with E-state index in [1.165, 1.54) is 11.3 Å². The van der Waals surface area contributed by atoms with Gasteiger partial charge in [0.05, 0.1) is 28.5 Å². The molecule has 2 aromatic heterocycles. The highest BCUT2D eigenvalue weighted by Crippen LogP contribution is 2.46. The number of hydrogen-bond donors (Lipinski definition) is 2. The van der Waals surface area contributed by atoms with Crippen molar-refractivity contribution >= 4 is 56.3 Å². The smallest absolute Gasteiger partial charge is 0.331 e. The molecule has 1 atom stereocenters. The number of hydrogen-bond acceptors (Lipinski definition) is 6. The number of carbonyl (C=O) groups is 2. The number of anilines is 3. The first kappa shape index (κ1) is 24.1. The molecule has 0 radical (unpaired) electrons. The largest absolute Gasteiger partial charge is 0.457 e. The lowest BCUT2D eigenvalue weighted by molar-refractivity contribution is 0.0948. The van der Waals surface area contributed by atoms with E-state index in [1.807, 2.05) is 61.5 Å². The molecular formula is C29H27N5O3S. The highest BCUT2D eigenvalue weighted by Gasteiger charge is 2.34. The van der Waals surface area contributed by atoms with Crippen molar-refractivity contribution in [3.8, 4) is 11.5 Å². The third kappa shape index (κ3) is 4.28. The summed E-state index contributed by atoms with van der Waals surface area (Å²) in [5.41, 5.74) is 3.82. The van der Waals surface area contributed by atoms with E-state index in [0.29, 0.717) is 26.8 Å². The van der Waals surface area contributed by atoms with Gasteiger partial charge in [-0.25, -0.2) is 9.78 Å². The molecule has 0 saturated heterocycles. The molecule has 192 valence electrons. The summed E-state index contributed by atoms with van der Waals surface area (Å²) < 4.78 is 5.97. The number of aliphatic imine (C=N–C) groups is 1. The number of benzene rings is 2. The molecule has 2 N–H and O–H groups in total. The fourth-order valence-corrected chi connectivity index (χ4v) is 6.22. The number of pyridine rings is 1. The summed E-state index contributed by atoms with van der Waals surface area (Å²) >= 11 is 1.29. The van der Waals surface area contributed by atoms with Crippen LogP contribution in [0.1, 0.15) is 40.9 Å². The summed E-state index contributed by atoms with van der Waals surface area (Å²) in [6.45, 7) is 1.94. The van der Waals surface area contributed by atoms with Crippen molar-refractivity contribution < 1.29 is 14.3 Å². The van der Waals surface area contributed by atoms with Gasteiger partial charge in [-0.15, -0.1) is 11.3 Å². The first-order chi connectivity index (χ1) is 18.5. The van der Waals surface area contributed by atoms with Crippen LogP contribution >= 0.6 is 11.3 Å². The molecule has 1 aliphatic heterocycles. The minimum atomic E-state index is -0.328.